The Labute approximate surface area is 91.4 Å². The second kappa shape index (κ2) is 4.84. The third-order valence-electron chi connectivity index (χ3n) is 1.72. The molecule has 1 unspecified atom stereocenters. The monoisotopic (exact) mass is 263 g/mol. The first-order valence-corrected chi connectivity index (χ1v) is 5.13. The lowest BCUT2D eigenvalue weighted by atomic mass is 10.2. The van der Waals surface area contributed by atoms with Gasteiger partial charge in [0.25, 0.3) is 0 Å². The highest BCUT2D eigenvalue weighted by atomic mass is 79.9. The number of hydrogen-bond acceptors (Lipinski definition) is 2. The van der Waals surface area contributed by atoms with Crippen LogP contribution >= 0.6 is 27.5 Å². The average Bonchev–Trinajstić information content (AvgIpc) is 2.16. The van der Waals surface area contributed by atoms with Crippen LogP contribution in [0.25, 0.3) is 0 Å². The molecule has 0 aromatic heterocycles. The highest BCUT2D eigenvalue weighted by Crippen LogP contribution is 2.31. The van der Waals surface area contributed by atoms with Crippen molar-refractivity contribution in [2.75, 3.05) is 14.2 Å². The van der Waals surface area contributed by atoms with Gasteiger partial charge in [-0.1, -0.05) is 27.5 Å². The van der Waals surface area contributed by atoms with E-state index in [1.54, 1.807) is 13.2 Å². The molecule has 13 heavy (non-hydrogen) atoms. The van der Waals surface area contributed by atoms with Crippen molar-refractivity contribution in [2.24, 2.45) is 0 Å². The molecule has 0 heterocycles. The van der Waals surface area contributed by atoms with Crippen molar-refractivity contribution >= 4 is 27.5 Å². The van der Waals surface area contributed by atoms with E-state index < -0.39 is 0 Å². The van der Waals surface area contributed by atoms with Gasteiger partial charge in [0, 0.05) is 10.6 Å². The Morgan fingerprint density at radius 2 is 2.23 bits per heavy atom. The number of hydrogen-bond donors (Lipinski definition) is 1. The van der Waals surface area contributed by atoms with Crippen molar-refractivity contribution in [3.8, 4) is 5.75 Å². The lowest BCUT2D eigenvalue weighted by molar-refractivity contribution is 0.408. The van der Waals surface area contributed by atoms with E-state index in [0.717, 1.165) is 11.3 Å². The fourth-order valence-electron chi connectivity index (χ4n) is 1.06. The summed E-state index contributed by atoms with van der Waals surface area (Å²) in [6.07, 6.45) is 0. The molecule has 0 aliphatic carbocycles. The van der Waals surface area contributed by atoms with Crippen LogP contribution in [0.5, 0.6) is 5.75 Å². The van der Waals surface area contributed by atoms with E-state index in [0.29, 0.717) is 5.02 Å². The second-order valence-corrected chi connectivity index (χ2v) is 3.89. The van der Waals surface area contributed by atoms with Crippen LogP contribution in [0.4, 0.5) is 0 Å². The highest BCUT2D eigenvalue weighted by molar-refractivity contribution is 9.09. The molecule has 0 aliphatic rings. The predicted octanol–water partition coefficient (Wildman–Crippen LogP) is 2.96. The van der Waals surface area contributed by atoms with E-state index in [2.05, 4.69) is 21.2 Å². The molecule has 0 bridgehead atoms. The molecule has 1 N–H and O–H groups in total. The third-order valence-corrected chi connectivity index (χ3v) is 2.90. The second-order valence-electron chi connectivity index (χ2n) is 2.54. The van der Waals surface area contributed by atoms with Crippen LogP contribution in [0.1, 0.15) is 10.5 Å². The van der Waals surface area contributed by atoms with Crippen LogP contribution < -0.4 is 10.1 Å². The number of nitrogens with one attached hydrogen (secondary N) is 1. The van der Waals surface area contributed by atoms with Gasteiger partial charge in [0.15, 0.2) is 0 Å². The maximum Gasteiger partial charge on any atom is 0.124 e. The number of ether oxygens (including phenoxy) is 1. The minimum Gasteiger partial charge on any atom is -0.496 e. The Morgan fingerprint density at radius 1 is 1.54 bits per heavy atom. The van der Waals surface area contributed by atoms with Gasteiger partial charge in [-0.2, -0.15) is 0 Å². The Morgan fingerprint density at radius 3 is 2.77 bits per heavy atom. The summed E-state index contributed by atoms with van der Waals surface area (Å²) in [5, 5.41) is 3.77. The smallest absolute Gasteiger partial charge is 0.124 e. The van der Waals surface area contributed by atoms with Gasteiger partial charge in [0.2, 0.25) is 0 Å². The summed E-state index contributed by atoms with van der Waals surface area (Å²) in [5.74, 6) is 0.820. The van der Waals surface area contributed by atoms with Gasteiger partial charge in [-0.05, 0) is 25.2 Å². The molecule has 1 atom stereocenters. The first-order chi connectivity index (χ1) is 6.19. The molecular weight excluding hydrogens is 253 g/mol. The van der Waals surface area contributed by atoms with E-state index in [-0.39, 0.29) is 4.95 Å². The zero-order valence-corrected chi connectivity index (χ0v) is 9.82. The zero-order valence-electron chi connectivity index (χ0n) is 7.47. The lowest BCUT2D eigenvalue weighted by Gasteiger charge is -2.13. The van der Waals surface area contributed by atoms with Crippen LogP contribution in [-0.2, 0) is 0 Å². The van der Waals surface area contributed by atoms with Gasteiger partial charge in [0.05, 0.1) is 12.1 Å². The fraction of sp³-hybridized carbons (Fsp3) is 0.333. The molecule has 0 aliphatic heterocycles. The van der Waals surface area contributed by atoms with Crippen molar-refractivity contribution in [1.29, 1.82) is 0 Å². The summed E-state index contributed by atoms with van der Waals surface area (Å²) in [4.78, 5) is 0.0566. The maximum atomic E-state index is 5.87. The van der Waals surface area contributed by atoms with Crippen molar-refractivity contribution < 1.29 is 4.74 Å². The first kappa shape index (κ1) is 10.8. The largest absolute Gasteiger partial charge is 0.496 e. The molecule has 0 fully saturated rings. The Balaban J connectivity index is 3.07. The summed E-state index contributed by atoms with van der Waals surface area (Å²) in [7, 11) is 3.50. The van der Waals surface area contributed by atoms with Crippen molar-refractivity contribution in [3.05, 3.63) is 28.8 Å². The normalized spacial score (nSPS) is 12.6. The summed E-state index contributed by atoms with van der Waals surface area (Å²) in [5.41, 5.74) is 0.998. The molecule has 0 saturated heterocycles. The van der Waals surface area contributed by atoms with Gasteiger partial charge in [0.1, 0.15) is 5.75 Å². The van der Waals surface area contributed by atoms with Crippen LogP contribution in [0.15, 0.2) is 18.2 Å². The highest BCUT2D eigenvalue weighted by Gasteiger charge is 2.10. The number of rotatable bonds is 3. The first-order valence-electron chi connectivity index (χ1n) is 3.83. The number of halogens is 2. The number of benzene rings is 1. The van der Waals surface area contributed by atoms with Gasteiger partial charge >= 0.3 is 0 Å². The van der Waals surface area contributed by atoms with E-state index in [1.807, 2.05) is 19.2 Å². The molecule has 1 aromatic rings. The molecule has 0 spiro atoms. The Kier molecular flexibility index (Phi) is 4.03. The van der Waals surface area contributed by atoms with Gasteiger partial charge < -0.3 is 10.1 Å². The van der Waals surface area contributed by atoms with Gasteiger partial charge in [-0.25, -0.2) is 0 Å². The summed E-state index contributed by atoms with van der Waals surface area (Å²) in [6.45, 7) is 0. The molecule has 4 heteroatoms. The molecule has 1 aromatic carbocycles. The molecule has 0 radical (unpaired) electrons. The minimum absolute atomic E-state index is 0.0566. The maximum absolute atomic E-state index is 5.87. The topological polar surface area (TPSA) is 21.3 Å². The Hall–Kier alpha value is -0.250. The standard InChI is InChI=1S/C9H11BrClNO/c1-12-9(10)7-5-6(11)3-4-8(7)13-2/h3-5,9,12H,1-2H3. The lowest BCUT2D eigenvalue weighted by Crippen LogP contribution is -2.10. The van der Waals surface area contributed by atoms with Crippen LogP contribution in [0.2, 0.25) is 5.02 Å². The molecular formula is C9H11BrClNO. The molecule has 1 rings (SSSR count). The van der Waals surface area contributed by atoms with E-state index in [4.69, 9.17) is 16.3 Å². The van der Waals surface area contributed by atoms with E-state index in [1.165, 1.54) is 0 Å². The van der Waals surface area contributed by atoms with Crippen LogP contribution in [0, 0.1) is 0 Å². The van der Waals surface area contributed by atoms with Crippen molar-refractivity contribution in [3.63, 3.8) is 0 Å². The van der Waals surface area contributed by atoms with Crippen molar-refractivity contribution in [2.45, 2.75) is 4.95 Å². The summed E-state index contributed by atoms with van der Waals surface area (Å²) in [6, 6.07) is 5.53. The van der Waals surface area contributed by atoms with Gasteiger partial charge in [-0.3, -0.25) is 0 Å². The minimum atomic E-state index is 0.0566. The average molecular weight is 265 g/mol. The van der Waals surface area contributed by atoms with Crippen LogP contribution in [0.3, 0.4) is 0 Å². The van der Waals surface area contributed by atoms with E-state index >= 15 is 0 Å². The molecule has 72 valence electrons. The summed E-state index contributed by atoms with van der Waals surface area (Å²) < 4.78 is 5.19. The molecule has 2 nitrogen and oxygen atoms in total. The van der Waals surface area contributed by atoms with E-state index in [9.17, 15) is 0 Å². The Bertz CT molecular complexity index is 293. The predicted molar refractivity (Wildman–Crippen MR) is 58.7 cm³/mol. The summed E-state index contributed by atoms with van der Waals surface area (Å²) >= 11 is 9.33. The number of alkyl halides is 1. The third kappa shape index (κ3) is 2.59. The van der Waals surface area contributed by atoms with Gasteiger partial charge in [-0.15, -0.1) is 0 Å². The fourth-order valence-corrected chi connectivity index (χ4v) is 1.60. The SMILES string of the molecule is CNC(Br)c1cc(Cl)ccc1OC. The molecule has 0 saturated carbocycles. The van der Waals surface area contributed by atoms with Crippen molar-refractivity contribution in [1.82, 2.24) is 5.32 Å². The molecule has 0 amide bonds. The quantitative estimate of drug-likeness (QED) is 0.669. The number of methoxy groups -OCH3 is 1. The van der Waals surface area contributed by atoms with Crippen LogP contribution in [-0.4, -0.2) is 14.2 Å². The zero-order chi connectivity index (χ0) is 9.84.